The summed E-state index contributed by atoms with van der Waals surface area (Å²) in [6.07, 6.45) is 4.30. The fourth-order valence-electron chi connectivity index (χ4n) is 3.20. The lowest BCUT2D eigenvalue weighted by atomic mass is 9.98. The van der Waals surface area contributed by atoms with E-state index in [1.165, 1.54) is 60.8 Å². The van der Waals surface area contributed by atoms with Crippen LogP contribution in [0.2, 0.25) is 10.0 Å². The van der Waals surface area contributed by atoms with Crippen LogP contribution >= 0.6 is 23.2 Å². The number of anilines is 1. The minimum Gasteiger partial charge on any atom is -0.380 e. The number of methoxy groups -OCH3 is 1. The summed E-state index contributed by atoms with van der Waals surface area (Å²) in [6.45, 7) is 0.0736. The quantitative estimate of drug-likeness (QED) is 0.396. The molecule has 7 nitrogen and oxygen atoms in total. The van der Waals surface area contributed by atoms with Gasteiger partial charge in [-0.1, -0.05) is 29.3 Å². The number of amides is 1. The maximum atomic E-state index is 15.0. The molecule has 2 heterocycles. The molecule has 0 bridgehead atoms. The van der Waals surface area contributed by atoms with Crippen LogP contribution in [0.1, 0.15) is 15.9 Å². The standard InChI is InChI=1S/C22H15Cl2F2N5O2/c1-33-11-12-6-13(25)2-3-15(12)16-8-18(23)17(9-20(16)26)22(32)30-14-7-19(24)21(27-10-14)31-28-4-5-29-31/h2-10H,11H2,1H3,(H,30,32). The van der Waals surface area contributed by atoms with Crippen molar-refractivity contribution >= 4 is 34.8 Å². The summed E-state index contributed by atoms with van der Waals surface area (Å²) >= 11 is 12.5. The highest BCUT2D eigenvalue weighted by molar-refractivity contribution is 6.35. The molecule has 0 saturated heterocycles. The molecule has 0 saturated carbocycles. The molecule has 0 radical (unpaired) electrons. The number of hydrogen-bond acceptors (Lipinski definition) is 5. The van der Waals surface area contributed by atoms with Crippen LogP contribution in [0.25, 0.3) is 16.9 Å². The Hall–Kier alpha value is -3.40. The molecule has 2 aromatic heterocycles. The van der Waals surface area contributed by atoms with E-state index in [1.54, 1.807) is 0 Å². The third-order valence-electron chi connectivity index (χ3n) is 4.65. The number of aromatic nitrogens is 4. The van der Waals surface area contributed by atoms with Crippen LogP contribution in [0.15, 0.2) is 55.0 Å². The van der Waals surface area contributed by atoms with Crippen LogP contribution in [0.3, 0.4) is 0 Å². The Labute approximate surface area is 196 Å². The van der Waals surface area contributed by atoms with Crippen molar-refractivity contribution in [3.05, 3.63) is 87.8 Å². The number of rotatable bonds is 6. The minimum absolute atomic E-state index is 0.00742. The van der Waals surface area contributed by atoms with Gasteiger partial charge in [0.05, 0.1) is 46.5 Å². The van der Waals surface area contributed by atoms with E-state index >= 15 is 0 Å². The molecule has 1 N–H and O–H groups in total. The average Bonchev–Trinajstić information content (AvgIpc) is 3.30. The second-order valence-electron chi connectivity index (χ2n) is 6.85. The Morgan fingerprint density at radius 2 is 1.82 bits per heavy atom. The monoisotopic (exact) mass is 489 g/mol. The van der Waals surface area contributed by atoms with Crippen molar-refractivity contribution in [1.29, 1.82) is 0 Å². The number of nitrogens with zero attached hydrogens (tertiary/aromatic N) is 4. The maximum Gasteiger partial charge on any atom is 0.257 e. The van der Waals surface area contributed by atoms with E-state index in [-0.39, 0.29) is 39.3 Å². The van der Waals surface area contributed by atoms with Crippen molar-refractivity contribution in [2.45, 2.75) is 6.61 Å². The van der Waals surface area contributed by atoms with Gasteiger partial charge >= 0.3 is 0 Å². The van der Waals surface area contributed by atoms with Crippen molar-refractivity contribution in [3.8, 4) is 16.9 Å². The molecule has 0 fully saturated rings. The number of nitrogens with one attached hydrogen (secondary N) is 1. The highest BCUT2D eigenvalue weighted by Crippen LogP contribution is 2.32. The lowest BCUT2D eigenvalue weighted by Gasteiger charge is -2.13. The molecule has 0 unspecified atom stereocenters. The molecule has 168 valence electrons. The van der Waals surface area contributed by atoms with Gasteiger partial charge in [0.1, 0.15) is 11.6 Å². The number of carbonyl (C=O) groups is 1. The number of benzene rings is 2. The zero-order valence-electron chi connectivity index (χ0n) is 17.0. The Bertz CT molecular complexity index is 1330. The number of hydrogen-bond donors (Lipinski definition) is 1. The van der Waals surface area contributed by atoms with E-state index in [9.17, 15) is 13.6 Å². The zero-order valence-corrected chi connectivity index (χ0v) is 18.5. The van der Waals surface area contributed by atoms with Gasteiger partial charge in [0.25, 0.3) is 5.91 Å². The summed E-state index contributed by atoms with van der Waals surface area (Å²) in [4.78, 5) is 18.1. The van der Waals surface area contributed by atoms with Gasteiger partial charge in [0.15, 0.2) is 5.82 Å². The first-order valence-electron chi connectivity index (χ1n) is 9.47. The molecule has 0 aliphatic carbocycles. The molecule has 1 amide bonds. The smallest absolute Gasteiger partial charge is 0.257 e. The van der Waals surface area contributed by atoms with Crippen LogP contribution in [0.5, 0.6) is 0 Å². The molecular weight excluding hydrogens is 475 g/mol. The van der Waals surface area contributed by atoms with Crippen molar-refractivity contribution < 1.29 is 18.3 Å². The molecule has 11 heteroatoms. The van der Waals surface area contributed by atoms with E-state index in [1.807, 2.05) is 0 Å². The zero-order chi connectivity index (χ0) is 23.5. The van der Waals surface area contributed by atoms with Crippen molar-refractivity contribution in [2.24, 2.45) is 0 Å². The van der Waals surface area contributed by atoms with E-state index in [0.29, 0.717) is 11.1 Å². The average molecular weight is 490 g/mol. The second kappa shape index (κ2) is 9.62. The summed E-state index contributed by atoms with van der Waals surface area (Å²) in [5, 5.41) is 10.7. The SMILES string of the molecule is COCc1cc(F)ccc1-c1cc(Cl)c(C(=O)Nc2cnc(-n3nccn3)c(Cl)c2)cc1F. The Morgan fingerprint density at radius 3 is 2.52 bits per heavy atom. The molecule has 0 atom stereocenters. The normalized spacial score (nSPS) is 10.9. The van der Waals surface area contributed by atoms with Gasteiger partial charge in [-0.25, -0.2) is 13.8 Å². The Balaban J connectivity index is 1.61. The number of pyridine rings is 1. The summed E-state index contributed by atoms with van der Waals surface area (Å²) in [5.41, 5.74) is 1.13. The van der Waals surface area contributed by atoms with Crippen molar-refractivity contribution in [2.75, 3.05) is 12.4 Å². The maximum absolute atomic E-state index is 15.0. The topological polar surface area (TPSA) is 81.9 Å². The summed E-state index contributed by atoms with van der Waals surface area (Å²) < 4.78 is 33.7. The predicted molar refractivity (Wildman–Crippen MR) is 120 cm³/mol. The van der Waals surface area contributed by atoms with Gasteiger partial charge in [-0.2, -0.15) is 10.2 Å². The molecular formula is C22H15Cl2F2N5O2. The van der Waals surface area contributed by atoms with Gasteiger partial charge in [0, 0.05) is 12.7 Å². The first-order valence-corrected chi connectivity index (χ1v) is 10.2. The fraction of sp³-hybridized carbons (Fsp3) is 0.0909. The first kappa shape index (κ1) is 22.8. The summed E-state index contributed by atoms with van der Waals surface area (Å²) in [7, 11) is 1.45. The van der Waals surface area contributed by atoms with Crippen LogP contribution in [0, 0.1) is 11.6 Å². The number of carbonyl (C=O) groups excluding carboxylic acids is 1. The number of ether oxygens (including phenoxy) is 1. The molecule has 4 rings (SSSR count). The van der Waals surface area contributed by atoms with Gasteiger partial charge in [-0.3, -0.25) is 4.79 Å². The second-order valence-corrected chi connectivity index (χ2v) is 7.66. The van der Waals surface area contributed by atoms with Crippen molar-refractivity contribution in [3.63, 3.8) is 0 Å². The highest BCUT2D eigenvalue weighted by atomic mass is 35.5. The predicted octanol–water partition coefficient (Wildman–Crippen LogP) is 5.31. The Morgan fingerprint density at radius 1 is 1.06 bits per heavy atom. The van der Waals surface area contributed by atoms with Gasteiger partial charge < -0.3 is 10.1 Å². The van der Waals surface area contributed by atoms with Gasteiger partial charge in [0.2, 0.25) is 0 Å². The third kappa shape index (κ3) is 4.85. The van der Waals surface area contributed by atoms with E-state index in [0.717, 1.165) is 6.07 Å². The largest absolute Gasteiger partial charge is 0.380 e. The molecule has 2 aromatic carbocycles. The Kier molecular flexibility index (Phi) is 6.64. The summed E-state index contributed by atoms with van der Waals surface area (Å²) in [6, 6.07) is 7.69. The van der Waals surface area contributed by atoms with E-state index in [2.05, 4.69) is 20.5 Å². The van der Waals surface area contributed by atoms with Crippen LogP contribution in [-0.4, -0.2) is 33.0 Å². The van der Waals surface area contributed by atoms with Crippen LogP contribution in [0.4, 0.5) is 14.5 Å². The molecule has 33 heavy (non-hydrogen) atoms. The highest BCUT2D eigenvalue weighted by Gasteiger charge is 2.19. The molecule has 0 spiro atoms. The lowest BCUT2D eigenvalue weighted by Crippen LogP contribution is -2.14. The van der Waals surface area contributed by atoms with Crippen LogP contribution < -0.4 is 5.32 Å². The first-order chi connectivity index (χ1) is 15.9. The van der Waals surface area contributed by atoms with Gasteiger partial charge in [-0.05, 0) is 41.5 Å². The van der Waals surface area contributed by atoms with Crippen molar-refractivity contribution in [1.82, 2.24) is 20.0 Å². The van der Waals surface area contributed by atoms with Crippen LogP contribution in [-0.2, 0) is 11.3 Å². The summed E-state index contributed by atoms with van der Waals surface area (Å²) in [5.74, 6) is -1.57. The van der Waals surface area contributed by atoms with Gasteiger partial charge in [-0.15, -0.1) is 4.80 Å². The minimum atomic E-state index is -0.704. The third-order valence-corrected chi connectivity index (χ3v) is 5.24. The lowest BCUT2D eigenvalue weighted by molar-refractivity contribution is 0.102. The fourth-order valence-corrected chi connectivity index (χ4v) is 3.69. The molecule has 4 aromatic rings. The molecule has 0 aliphatic rings. The van der Waals surface area contributed by atoms with E-state index in [4.69, 9.17) is 27.9 Å². The molecule has 0 aliphatic heterocycles. The number of halogens is 4. The van der Waals surface area contributed by atoms with E-state index < -0.39 is 17.5 Å².